The minimum absolute atomic E-state index is 0.0896. The molecule has 0 spiro atoms. The zero-order chi connectivity index (χ0) is 20.4. The van der Waals surface area contributed by atoms with Crippen LogP contribution < -0.4 is 4.90 Å². The summed E-state index contributed by atoms with van der Waals surface area (Å²) in [7, 11) is 0. The summed E-state index contributed by atoms with van der Waals surface area (Å²) in [6.07, 6.45) is 0.579. The van der Waals surface area contributed by atoms with Gasteiger partial charge in [0.15, 0.2) is 0 Å². The fourth-order valence-electron chi connectivity index (χ4n) is 3.30. The lowest BCUT2D eigenvalue weighted by Gasteiger charge is -2.30. The summed E-state index contributed by atoms with van der Waals surface area (Å²) < 4.78 is 6.14. The number of thiophene rings is 1. The van der Waals surface area contributed by atoms with Gasteiger partial charge in [-0.05, 0) is 30.4 Å². The van der Waals surface area contributed by atoms with E-state index < -0.39 is 23.7 Å². The lowest BCUT2D eigenvalue weighted by atomic mass is 10.0. The second-order valence-electron chi connectivity index (χ2n) is 6.53. The molecule has 3 aromatic rings. The third-order valence-electron chi connectivity index (χ3n) is 4.70. The van der Waals surface area contributed by atoms with Crippen molar-refractivity contribution in [2.75, 3.05) is 18.1 Å². The van der Waals surface area contributed by atoms with Gasteiger partial charge in [-0.3, -0.25) is 19.3 Å². The van der Waals surface area contributed by atoms with Crippen molar-refractivity contribution < 1.29 is 19.1 Å². The molecule has 1 aliphatic rings. The Bertz CT molecular complexity index is 1040. The molecule has 0 radical (unpaired) electrons. The predicted octanol–water partition coefficient (Wildman–Crippen LogP) is 3.02. The first-order valence-electron chi connectivity index (χ1n) is 9.30. The fraction of sp³-hybridized carbons (Fsp3) is 0.238. The zero-order valence-corrected chi connectivity index (χ0v) is 16.6. The molecule has 1 unspecified atom stereocenters. The first kappa shape index (κ1) is 19.1. The van der Waals surface area contributed by atoms with E-state index in [1.807, 2.05) is 47.8 Å². The molecular formula is C21H19N3O4S. The molecule has 1 aliphatic heterocycles. The molecule has 0 bridgehead atoms. The number of hydrogen-bond donors (Lipinski definition) is 0. The Balaban J connectivity index is 1.72. The van der Waals surface area contributed by atoms with Crippen LogP contribution in [0.1, 0.15) is 17.3 Å². The maximum atomic E-state index is 13.1. The van der Waals surface area contributed by atoms with E-state index in [-0.39, 0.29) is 6.61 Å². The van der Waals surface area contributed by atoms with Crippen molar-refractivity contribution in [2.45, 2.75) is 13.3 Å². The van der Waals surface area contributed by atoms with Crippen LogP contribution in [0, 0.1) is 5.92 Å². The highest BCUT2D eigenvalue weighted by Crippen LogP contribution is 2.32. The summed E-state index contributed by atoms with van der Waals surface area (Å²) in [6, 6.07) is 15.2. The number of ether oxygens (including phenoxy) is 1. The Morgan fingerprint density at radius 3 is 2.62 bits per heavy atom. The molecule has 4 rings (SSSR count). The fourth-order valence-corrected chi connectivity index (χ4v) is 3.99. The highest BCUT2D eigenvalue weighted by Gasteiger charge is 2.46. The molecule has 3 heterocycles. The third-order valence-corrected chi connectivity index (χ3v) is 5.59. The van der Waals surface area contributed by atoms with Crippen molar-refractivity contribution in [3.63, 3.8) is 0 Å². The van der Waals surface area contributed by atoms with Crippen molar-refractivity contribution in [2.24, 2.45) is 5.92 Å². The smallest absolute Gasteiger partial charge is 0.328 e. The molecule has 7 nitrogen and oxygen atoms in total. The van der Waals surface area contributed by atoms with Crippen LogP contribution in [0.25, 0.3) is 10.6 Å². The number of benzene rings is 1. The number of anilines is 1. The van der Waals surface area contributed by atoms with Crippen molar-refractivity contribution in [1.82, 2.24) is 9.78 Å². The van der Waals surface area contributed by atoms with Gasteiger partial charge in [-0.15, -0.1) is 11.3 Å². The Hall–Kier alpha value is -3.26. The van der Waals surface area contributed by atoms with Crippen LogP contribution in [0.4, 0.5) is 5.82 Å². The van der Waals surface area contributed by atoms with Gasteiger partial charge in [0.25, 0.3) is 11.8 Å². The molecule has 1 atom stereocenters. The molecule has 2 aromatic heterocycles. The standard InChI is InChI=1S/C21H19N3O4S/c1-2-28-21(27)18-19(25)23(11-10-14-7-4-3-5-8-14)17-13-15(16-9-6-12-29-16)22-24(17)20(18)26/h3-9,12-13,18H,2,10-11H2,1H3. The van der Waals surface area contributed by atoms with Gasteiger partial charge in [0.1, 0.15) is 11.5 Å². The molecule has 0 N–H and O–H groups in total. The van der Waals surface area contributed by atoms with E-state index in [4.69, 9.17) is 4.74 Å². The van der Waals surface area contributed by atoms with Gasteiger partial charge in [-0.2, -0.15) is 9.78 Å². The van der Waals surface area contributed by atoms with Crippen LogP contribution >= 0.6 is 11.3 Å². The summed E-state index contributed by atoms with van der Waals surface area (Å²) in [5.74, 6) is -3.25. The van der Waals surface area contributed by atoms with Gasteiger partial charge in [-0.1, -0.05) is 36.4 Å². The van der Waals surface area contributed by atoms with E-state index in [1.54, 1.807) is 13.0 Å². The summed E-state index contributed by atoms with van der Waals surface area (Å²) in [4.78, 5) is 40.7. The largest absolute Gasteiger partial charge is 0.465 e. The number of carbonyl (C=O) groups is 3. The van der Waals surface area contributed by atoms with Crippen molar-refractivity contribution in [1.29, 1.82) is 0 Å². The first-order chi connectivity index (χ1) is 14.1. The highest BCUT2D eigenvalue weighted by atomic mass is 32.1. The van der Waals surface area contributed by atoms with E-state index in [2.05, 4.69) is 5.10 Å². The summed E-state index contributed by atoms with van der Waals surface area (Å²) in [5.41, 5.74) is 1.64. The van der Waals surface area contributed by atoms with Crippen LogP contribution in [0.15, 0.2) is 53.9 Å². The van der Waals surface area contributed by atoms with Crippen LogP contribution in [-0.2, 0) is 20.7 Å². The van der Waals surface area contributed by atoms with Crippen LogP contribution in [0.2, 0.25) is 0 Å². The van der Waals surface area contributed by atoms with Crippen LogP contribution in [-0.4, -0.2) is 40.7 Å². The maximum absolute atomic E-state index is 13.1. The van der Waals surface area contributed by atoms with Gasteiger partial charge < -0.3 is 4.74 Å². The van der Waals surface area contributed by atoms with Gasteiger partial charge >= 0.3 is 5.97 Å². The average molecular weight is 409 g/mol. The second-order valence-corrected chi connectivity index (χ2v) is 7.47. The molecular weight excluding hydrogens is 390 g/mol. The van der Waals surface area contributed by atoms with E-state index in [9.17, 15) is 14.4 Å². The lowest BCUT2D eigenvalue weighted by Crippen LogP contribution is -2.51. The van der Waals surface area contributed by atoms with Crippen molar-refractivity contribution in [3.05, 3.63) is 59.5 Å². The number of hydrogen-bond acceptors (Lipinski definition) is 6. The maximum Gasteiger partial charge on any atom is 0.328 e. The van der Waals surface area contributed by atoms with E-state index >= 15 is 0 Å². The normalized spacial score (nSPS) is 16.0. The van der Waals surface area contributed by atoms with Crippen LogP contribution in [0.5, 0.6) is 0 Å². The number of nitrogens with zero attached hydrogens (tertiary/aromatic N) is 3. The Labute approximate surface area is 171 Å². The predicted molar refractivity (Wildman–Crippen MR) is 109 cm³/mol. The molecule has 1 aromatic carbocycles. The van der Waals surface area contributed by atoms with Gasteiger partial charge in [0, 0.05) is 12.6 Å². The van der Waals surface area contributed by atoms with E-state index in [0.717, 1.165) is 15.1 Å². The monoisotopic (exact) mass is 409 g/mol. The number of carbonyl (C=O) groups excluding carboxylic acids is 3. The van der Waals surface area contributed by atoms with Crippen molar-refractivity contribution >= 4 is 34.9 Å². The summed E-state index contributed by atoms with van der Waals surface area (Å²) in [6.45, 7) is 2.05. The molecule has 8 heteroatoms. The van der Waals surface area contributed by atoms with Crippen molar-refractivity contribution in [3.8, 4) is 10.6 Å². The number of aromatic nitrogens is 2. The first-order valence-corrected chi connectivity index (χ1v) is 10.2. The molecule has 0 aliphatic carbocycles. The lowest BCUT2D eigenvalue weighted by molar-refractivity contribution is -0.149. The number of esters is 1. The van der Waals surface area contributed by atoms with Crippen LogP contribution in [0.3, 0.4) is 0 Å². The Morgan fingerprint density at radius 2 is 1.93 bits per heavy atom. The highest BCUT2D eigenvalue weighted by molar-refractivity contribution is 7.13. The topological polar surface area (TPSA) is 81.5 Å². The zero-order valence-electron chi connectivity index (χ0n) is 15.8. The molecule has 0 saturated heterocycles. The summed E-state index contributed by atoms with van der Waals surface area (Å²) >= 11 is 1.49. The Morgan fingerprint density at radius 1 is 1.14 bits per heavy atom. The van der Waals surface area contributed by atoms with E-state index in [1.165, 1.54) is 16.2 Å². The molecule has 148 valence electrons. The summed E-state index contributed by atoms with van der Waals surface area (Å²) in [5, 5.41) is 6.29. The molecule has 29 heavy (non-hydrogen) atoms. The molecule has 0 fully saturated rings. The minimum Gasteiger partial charge on any atom is -0.465 e. The quantitative estimate of drug-likeness (QED) is 0.462. The number of rotatable bonds is 6. The SMILES string of the molecule is CCOC(=O)C1C(=O)N(CCc2ccccc2)c2cc(-c3cccs3)nn2C1=O. The minimum atomic E-state index is -1.53. The Kier molecular flexibility index (Phi) is 5.26. The van der Waals surface area contributed by atoms with Gasteiger partial charge in [0.05, 0.1) is 11.5 Å². The van der Waals surface area contributed by atoms with Gasteiger partial charge in [-0.25, -0.2) is 0 Å². The number of fused-ring (bicyclic) bond motifs is 1. The average Bonchev–Trinajstić information content (AvgIpc) is 3.39. The van der Waals surface area contributed by atoms with Gasteiger partial charge in [0.2, 0.25) is 5.92 Å². The third kappa shape index (κ3) is 3.58. The van der Waals surface area contributed by atoms with E-state index in [0.29, 0.717) is 24.5 Å². The number of amides is 1. The second kappa shape index (κ2) is 8.00. The molecule has 0 saturated carbocycles. The molecule has 1 amide bonds.